The Morgan fingerprint density at radius 2 is 2.05 bits per heavy atom. The van der Waals surface area contributed by atoms with Crippen molar-refractivity contribution in [3.05, 3.63) is 46.4 Å². The van der Waals surface area contributed by atoms with Crippen molar-refractivity contribution in [3.63, 3.8) is 0 Å². The van der Waals surface area contributed by atoms with Gasteiger partial charge in [0.05, 0.1) is 0 Å². The van der Waals surface area contributed by atoms with Gasteiger partial charge in [0.15, 0.2) is 0 Å². The molecule has 0 aliphatic carbocycles. The van der Waals surface area contributed by atoms with Gasteiger partial charge in [-0.15, -0.1) is 0 Å². The smallest absolute Gasteiger partial charge is 0.251 e. The largest absolute Gasteiger partial charge is 0.352 e. The summed E-state index contributed by atoms with van der Waals surface area (Å²) in [6, 6.07) is 12.5. The predicted octanol–water partition coefficient (Wildman–Crippen LogP) is 3.47. The van der Waals surface area contributed by atoms with Gasteiger partial charge in [-0.2, -0.15) is 0 Å². The highest BCUT2D eigenvalue weighted by atomic mass is 79.9. The van der Waals surface area contributed by atoms with Gasteiger partial charge in [-0.05, 0) is 60.8 Å². The summed E-state index contributed by atoms with van der Waals surface area (Å²) in [6.45, 7) is 1.84. The number of halogens is 1. The van der Waals surface area contributed by atoms with Crippen molar-refractivity contribution < 1.29 is 4.79 Å². The fourth-order valence-electron chi connectivity index (χ4n) is 2.82. The first-order chi connectivity index (χ1) is 10.2. The van der Waals surface area contributed by atoms with Crippen LogP contribution in [0.3, 0.4) is 0 Å². The van der Waals surface area contributed by atoms with E-state index >= 15 is 0 Å². The molecule has 2 aromatic rings. The van der Waals surface area contributed by atoms with E-state index in [4.69, 9.17) is 0 Å². The van der Waals surface area contributed by atoms with Crippen LogP contribution in [0.15, 0.2) is 40.9 Å². The molecule has 1 amide bonds. The van der Waals surface area contributed by atoms with Crippen LogP contribution in [0.4, 0.5) is 0 Å². The second-order valence-electron chi connectivity index (χ2n) is 5.54. The van der Waals surface area contributed by atoms with Crippen LogP contribution < -0.4 is 10.6 Å². The van der Waals surface area contributed by atoms with Gasteiger partial charge in [-0.1, -0.05) is 28.1 Å². The van der Waals surface area contributed by atoms with Gasteiger partial charge in [0.2, 0.25) is 0 Å². The molecule has 1 aliphatic heterocycles. The fourth-order valence-corrected chi connectivity index (χ4v) is 3.20. The van der Waals surface area contributed by atoms with E-state index in [9.17, 15) is 4.79 Å². The van der Waals surface area contributed by atoms with Crippen molar-refractivity contribution in [2.75, 3.05) is 13.1 Å². The molecule has 0 saturated carbocycles. The quantitative estimate of drug-likeness (QED) is 0.889. The summed E-state index contributed by atoms with van der Waals surface area (Å²) < 4.78 is 1.05. The topological polar surface area (TPSA) is 41.1 Å². The Hall–Kier alpha value is -1.39. The van der Waals surface area contributed by atoms with Crippen molar-refractivity contribution >= 4 is 32.6 Å². The molecular formula is C17H19BrN2O. The van der Waals surface area contributed by atoms with E-state index in [0.717, 1.165) is 40.3 Å². The third-order valence-electron chi connectivity index (χ3n) is 4.01. The number of benzene rings is 2. The van der Waals surface area contributed by atoms with E-state index in [0.29, 0.717) is 6.04 Å². The Kier molecular flexibility index (Phi) is 4.56. The minimum absolute atomic E-state index is 0.0119. The molecule has 1 atom stereocenters. The summed E-state index contributed by atoms with van der Waals surface area (Å²) in [5.41, 5.74) is 0.726. The Morgan fingerprint density at radius 1 is 1.24 bits per heavy atom. The van der Waals surface area contributed by atoms with E-state index in [1.807, 2.05) is 30.3 Å². The second-order valence-corrected chi connectivity index (χ2v) is 6.46. The summed E-state index contributed by atoms with van der Waals surface area (Å²) in [6.07, 6.45) is 3.48. The number of hydrogen-bond donors (Lipinski definition) is 2. The highest BCUT2D eigenvalue weighted by Gasteiger charge is 2.14. The molecule has 1 aliphatic rings. The van der Waals surface area contributed by atoms with E-state index in [2.05, 4.69) is 32.6 Å². The van der Waals surface area contributed by atoms with Gasteiger partial charge in [0, 0.05) is 22.6 Å². The maximum absolute atomic E-state index is 12.2. The highest BCUT2D eigenvalue weighted by Crippen LogP contribution is 2.21. The number of rotatable bonds is 4. The van der Waals surface area contributed by atoms with Gasteiger partial charge in [-0.25, -0.2) is 0 Å². The minimum Gasteiger partial charge on any atom is -0.352 e. The maximum atomic E-state index is 12.2. The van der Waals surface area contributed by atoms with Crippen LogP contribution in [-0.2, 0) is 0 Å². The van der Waals surface area contributed by atoms with Crippen molar-refractivity contribution in [2.45, 2.75) is 25.3 Å². The lowest BCUT2D eigenvalue weighted by atomic mass is 10.1. The number of hydrogen-bond acceptors (Lipinski definition) is 2. The zero-order valence-electron chi connectivity index (χ0n) is 11.9. The van der Waals surface area contributed by atoms with Crippen LogP contribution in [-0.4, -0.2) is 25.0 Å². The lowest BCUT2D eigenvalue weighted by Crippen LogP contribution is -2.30. The third-order valence-corrected chi connectivity index (χ3v) is 4.50. The highest BCUT2D eigenvalue weighted by molar-refractivity contribution is 9.10. The van der Waals surface area contributed by atoms with Crippen molar-refractivity contribution in [1.82, 2.24) is 10.6 Å². The molecule has 2 aromatic carbocycles. The Balaban J connectivity index is 1.62. The average Bonchev–Trinajstić information content (AvgIpc) is 3.00. The van der Waals surface area contributed by atoms with Gasteiger partial charge < -0.3 is 10.6 Å². The molecule has 0 aromatic heterocycles. The molecular weight excluding hydrogens is 328 g/mol. The summed E-state index contributed by atoms with van der Waals surface area (Å²) in [7, 11) is 0. The van der Waals surface area contributed by atoms with Crippen LogP contribution in [0, 0.1) is 0 Å². The van der Waals surface area contributed by atoms with Gasteiger partial charge in [-0.3, -0.25) is 4.79 Å². The second kappa shape index (κ2) is 6.58. The van der Waals surface area contributed by atoms with Crippen molar-refractivity contribution in [1.29, 1.82) is 0 Å². The summed E-state index contributed by atoms with van der Waals surface area (Å²) in [4.78, 5) is 12.2. The number of nitrogens with one attached hydrogen (secondary N) is 2. The maximum Gasteiger partial charge on any atom is 0.251 e. The van der Waals surface area contributed by atoms with Crippen molar-refractivity contribution in [3.8, 4) is 0 Å². The molecule has 1 saturated heterocycles. The average molecular weight is 347 g/mol. The number of carbonyl (C=O) groups excluding carboxylic acids is 1. The zero-order chi connectivity index (χ0) is 14.7. The molecule has 3 nitrogen and oxygen atoms in total. The molecule has 1 heterocycles. The minimum atomic E-state index is 0.0119. The standard InChI is InChI=1S/C17H19BrN2O/c18-15-6-5-12-10-14(4-3-13(12)11-15)17(21)20-9-7-16-2-1-8-19-16/h3-6,10-11,16,19H,1-2,7-9H2,(H,20,21). The van der Waals surface area contributed by atoms with E-state index in [-0.39, 0.29) is 5.91 Å². The van der Waals surface area contributed by atoms with E-state index in [1.54, 1.807) is 0 Å². The third kappa shape index (κ3) is 3.63. The number of carbonyl (C=O) groups is 1. The Labute approximate surface area is 133 Å². The Morgan fingerprint density at radius 3 is 2.86 bits per heavy atom. The summed E-state index contributed by atoms with van der Waals surface area (Å²) >= 11 is 3.46. The lowest BCUT2D eigenvalue weighted by Gasteiger charge is -2.11. The molecule has 1 unspecified atom stereocenters. The first-order valence-corrected chi connectivity index (χ1v) is 8.22. The number of fused-ring (bicyclic) bond motifs is 1. The molecule has 0 bridgehead atoms. The number of amides is 1. The first-order valence-electron chi connectivity index (χ1n) is 7.43. The van der Waals surface area contributed by atoms with Crippen molar-refractivity contribution in [2.24, 2.45) is 0 Å². The molecule has 0 spiro atoms. The Bertz CT molecular complexity index is 650. The molecule has 1 fully saturated rings. The van der Waals surface area contributed by atoms with Gasteiger partial charge in [0.25, 0.3) is 5.91 Å². The van der Waals surface area contributed by atoms with Crippen LogP contribution in [0.5, 0.6) is 0 Å². The molecule has 0 radical (unpaired) electrons. The normalized spacial score (nSPS) is 18.0. The monoisotopic (exact) mass is 346 g/mol. The SMILES string of the molecule is O=C(NCCC1CCCN1)c1ccc2cc(Br)ccc2c1. The van der Waals surface area contributed by atoms with Gasteiger partial charge in [0.1, 0.15) is 0 Å². The fraction of sp³-hybridized carbons (Fsp3) is 0.353. The zero-order valence-corrected chi connectivity index (χ0v) is 13.4. The van der Waals surface area contributed by atoms with Gasteiger partial charge >= 0.3 is 0 Å². The first kappa shape index (κ1) is 14.5. The van der Waals surface area contributed by atoms with E-state index < -0.39 is 0 Å². The van der Waals surface area contributed by atoms with E-state index in [1.165, 1.54) is 12.8 Å². The molecule has 110 valence electrons. The van der Waals surface area contributed by atoms with Crippen LogP contribution in [0.2, 0.25) is 0 Å². The summed E-state index contributed by atoms with van der Waals surface area (Å²) in [5.74, 6) is 0.0119. The predicted molar refractivity (Wildman–Crippen MR) is 89.6 cm³/mol. The molecule has 21 heavy (non-hydrogen) atoms. The molecule has 2 N–H and O–H groups in total. The molecule has 4 heteroatoms. The summed E-state index contributed by atoms with van der Waals surface area (Å²) in [5, 5.41) is 8.68. The molecule has 3 rings (SSSR count). The van der Waals surface area contributed by atoms with Crippen LogP contribution in [0.1, 0.15) is 29.6 Å². The van der Waals surface area contributed by atoms with Crippen LogP contribution in [0.25, 0.3) is 10.8 Å². The van der Waals surface area contributed by atoms with Crippen LogP contribution >= 0.6 is 15.9 Å². The lowest BCUT2D eigenvalue weighted by molar-refractivity contribution is 0.0952.